The largest absolute Gasteiger partial charge is 0.316 e. The van der Waals surface area contributed by atoms with Crippen molar-refractivity contribution in [1.82, 2.24) is 19.8 Å². The lowest BCUT2D eigenvalue weighted by molar-refractivity contribution is 0.579. The molecule has 2 rings (SSSR count). The van der Waals surface area contributed by atoms with Crippen molar-refractivity contribution in [2.75, 3.05) is 7.05 Å². The van der Waals surface area contributed by atoms with E-state index in [-0.39, 0.29) is 11.4 Å². The van der Waals surface area contributed by atoms with Gasteiger partial charge in [0.15, 0.2) is 0 Å². The van der Waals surface area contributed by atoms with Crippen LogP contribution >= 0.6 is 11.6 Å². The van der Waals surface area contributed by atoms with E-state index in [1.807, 2.05) is 0 Å². The third kappa shape index (κ3) is 4.04. The predicted octanol–water partition coefficient (Wildman–Crippen LogP) is 1.27. The van der Waals surface area contributed by atoms with Crippen LogP contribution in [0.4, 0.5) is 0 Å². The smallest absolute Gasteiger partial charge is 0.240 e. The van der Waals surface area contributed by atoms with Gasteiger partial charge >= 0.3 is 0 Å². The Labute approximate surface area is 129 Å². The van der Waals surface area contributed by atoms with Crippen LogP contribution in [0.3, 0.4) is 0 Å². The first-order valence-corrected chi connectivity index (χ1v) is 8.19. The summed E-state index contributed by atoms with van der Waals surface area (Å²) in [5, 5.41) is 7.61. The number of halogens is 1. The van der Waals surface area contributed by atoms with Crippen molar-refractivity contribution in [3.05, 3.63) is 46.7 Å². The van der Waals surface area contributed by atoms with Crippen LogP contribution in [0.5, 0.6) is 0 Å². The van der Waals surface area contributed by atoms with E-state index in [0.29, 0.717) is 17.3 Å². The molecule has 0 aliphatic carbocycles. The van der Waals surface area contributed by atoms with Crippen molar-refractivity contribution in [2.24, 2.45) is 7.05 Å². The molecule has 0 aliphatic rings. The number of hydrogen-bond acceptors (Lipinski definition) is 4. The first-order chi connectivity index (χ1) is 9.92. The Morgan fingerprint density at radius 1 is 1.29 bits per heavy atom. The highest BCUT2D eigenvalue weighted by Gasteiger charge is 2.16. The fourth-order valence-corrected chi connectivity index (χ4v) is 3.09. The molecule has 0 atom stereocenters. The molecule has 1 aromatic heterocycles. The maximum absolute atomic E-state index is 12.3. The van der Waals surface area contributed by atoms with Crippen LogP contribution in [0, 0.1) is 0 Å². The molecule has 1 aromatic carbocycles. The maximum atomic E-state index is 12.3. The predicted molar refractivity (Wildman–Crippen MR) is 81.4 cm³/mol. The van der Waals surface area contributed by atoms with Gasteiger partial charge in [0.25, 0.3) is 0 Å². The molecule has 0 radical (unpaired) electrons. The minimum Gasteiger partial charge on any atom is -0.316 e. The summed E-state index contributed by atoms with van der Waals surface area (Å²) in [5.74, 6) is 0. The monoisotopic (exact) mass is 328 g/mol. The van der Waals surface area contributed by atoms with Gasteiger partial charge in [-0.2, -0.15) is 5.10 Å². The van der Waals surface area contributed by atoms with Gasteiger partial charge in [0, 0.05) is 24.8 Å². The molecule has 0 amide bonds. The topological polar surface area (TPSA) is 76.0 Å². The summed E-state index contributed by atoms with van der Waals surface area (Å²) in [5.41, 5.74) is 1.39. The lowest BCUT2D eigenvalue weighted by atomic mass is 10.2. The molecule has 0 spiro atoms. The number of nitrogens with zero attached hydrogens (tertiary/aromatic N) is 2. The SMILES string of the molecule is CNCc1cc(S(=O)(=O)NCc2ccn(C)n2)ccc1Cl. The zero-order chi connectivity index (χ0) is 15.5. The van der Waals surface area contributed by atoms with Gasteiger partial charge in [-0.05, 0) is 36.9 Å². The van der Waals surface area contributed by atoms with Crippen LogP contribution in [0.15, 0.2) is 35.4 Å². The van der Waals surface area contributed by atoms with E-state index in [9.17, 15) is 8.42 Å². The van der Waals surface area contributed by atoms with Crippen molar-refractivity contribution >= 4 is 21.6 Å². The van der Waals surface area contributed by atoms with E-state index in [1.54, 1.807) is 43.2 Å². The number of benzene rings is 1. The summed E-state index contributed by atoms with van der Waals surface area (Å²) >= 11 is 6.03. The normalized spacial score (nSPS) is 11.8. The van der Waals surface area contributed by atoms with Crippen LogP contribution < -0.4 is 10.0 Å². The number of aryl methyl sites for hydroxylation is 1. The van der Waals surface area contributed by atoms with E-state index >= 15 is 0 Å². The molecule has 0 saturated heterocycles. The summed E-state index contributed by atoms with van der Waals surface area (Å²) in [4.78, 5) is 0.188. The third-order valence-corrected chi connectivity index (χ3v) is 4.67. The highest BCUT2D eigenvalue weighted by atomic mass is 35.5. The van der Waals surface area contributed by atoms with E-state index < -0.39 is 10.0 Å². The Morgan fingerprint density at radius 3 is 2.67 bits per heavy atom. The Kier molecular flexibility index (Phi) is 5.00. The number of aromatic nitrogens is 2. The second kappa shape index (κ2) is 6.57. The van der Waals surface area contributed by atoms with Crippen LogP contribution in [0.1, 0.15) is 11.3 Å². The maximum Gasteiger partial charge on any atom is 0.240 e. The molecule has 1 heterocycles. The number of sulfonamides is 1. The molecule has 6 nitrogen and oxygen atoms in total. The van der Waals surface area contributed by atoms with Crippen molar-refractivity contribution in [1.29, 1.82) is 0 Å². The molecule has 114 valence electrons. The Balaban J connectivity index is 2.17. The van der Waals surface area contributed by atoms with Crippen LogP contribution in [0.25, 0.3) is 0 Å². The van der Waals surface area contributed by atoms with Gasteiger partial charge in [0.05, 0.1) is 17.1 Å². The lowest BCUT2D eigenvalue weighted by Crippen LogP contribution is -2.24. The standard InChI is InChI=1S/C13H17ClN4O2S/c1-15-8-10-7-12(3-4-13(10)14)21(19,20)16-9-11-5-6-18(2)17-11/h3-7,15-16H,8-9H2,1-2H3. The van der Waals surface area contributed by atoms with Gasteiger partial charge in [-0.15, -0.1) is 0 Å². The molecular formula is C13H17ClN4O2S. The van der Waals surface area contributed by atoms with Crippen LogP contribution in [-0.2, 0) is 30.2 Å². The van der Waals surface area contributed by atoms with Gasteiger partial charge in [-0.3, -0.25) is 4.68 Å². The minimum absolute atomic E-state index is 0.146. The Bertz CT molecular complexity index is 728. The average Bonchev–Trinajstić information content (AvgIpc) is 2.85. The molecule has 0 saturated carbocycles. The van der Waals surface area contributed by atoms with Gasteiger partial charge < -0.3 is 5.32 Å². The summed E-state index contributed by atoms with van der Waals surface area (Å²) in [6.45, 7) is 0.648. The fourth-order valence-electron chi connectivity index (χ4n) is 1.85. The molecule has 0 fully saturated rings. The second-order valence-corrected chi connectivity index (χ2v) is 6.76. The summed E-state index contributed by atoms with van der Waals surface area (Å²) < 4.78 is 28.7. The number of nitrogens with one attached hydrogen (secondary N) is 2. The summed E-state index contributed by atoms with van der Waals surface area (Å²) in [7, 11) is -0.0389. The van der Waals surface area contributed by atoms with E-state index in [1.165, 1.54) is 6.07 Å². The average molecular weight is 329 g/mol. The molecule has 2 aromatic rings. The summed E-state index contributed by atoms with van der Waals surface area (Å²) in [6, 6.07) is 6.40. The molecule has 21 heavy (non-hydrogen) atoms. The van der Waals surface area contributed by atoms with E-state index in [2.05, 4.69) is 15.1 Å². The van der Waals surface area contributed by atoms with Gasteiger partial charge in [-0.25, -0.2) is 13.1 Å². The number of hydrogen-bond donors (Lipinski definition) is 2. The van der Waals surface area contributed by atoms with Crippen LogP contribution in [-0.4, -0.2) is 25.2 Å². The van der Waals surface area contributed by atoms with Crippen molar-refractivity contribution in [3.63, 3.8) is 0 Å². The third-order valence-electron chi connectivity index (χ3n) is 2.91. The van der Waals surface area contributed by atoms with Gasteiger partial charge in [0.2, 0.25) is 10.0 Å². The van der Waals surface area contributed by atoms with E-state index in [4.69, 9.17) is 11.6 Å². The highest BCUT2D eigenvalue weighted by molar-refractivity contribution is 7.89. The number of rotatable bonds is 6. The fraction of sp³-hybridized carbons (Fsp3) is 0.308. The quantitative estimate of drug-likeness (QED) is 0.837. The lowest BCUT2D eigenvalue weighted by Gasteiger charge is -2.09. The molecule has 0 bridgehead atoms. The highest BCUT2D eigenvalue weighted by Crippen LogP contribution is 2.20. The van der Waals surface area contributed by atoms with Gasteiger partial charge in [-0.1, -0.05) is 11.6 Å². The molecule has 2 N–H and O–H groups in total. The Hall–Kier alpha value is -1.41. The van der Waals surface area contributed by atoms with Gasteiger partial charge in [0.1, 0.15) is 0 Å². The zero-order valence-corrected chi connectivity index (χ0v) is 13.4. The molecular weight excluding hydrogens is 312 g/mol. The Morgan fingerprint density at radius 2 is 2.05 bits per heavy atom. The molecule has 8 heteroatoms. The minimum atomic E-state index is -3.59. The molecule has 0 aliphatic heterocycles. The zero-order valence-electron chi connectivity index (χ0n) is 11.8. The van der Waals surface area contributed by atoms with Crippen molar-refractivity contribution < 1.29 is 8.42 Å². The first-order valence-electron chi connectivity index (χ1n) is 6.33. The first kappa shape index (κ1) is 16.0. The van der Waals surface area contributed by atoms with Crippen molar-refractivity contribution in [3.8, 4) is 0 Å². The van der Waals surface area contributed by atoms with Crippen molar-refractivity contribution in [2.45, 2.75) is 18.0 Å². The van der Waals surface area contributed by atoms with Crippen LogP contribution in [0.2, 0.25) is 5.02 Å². The summed E-state index contributed by atoms with van der Waals surface area (Å²) in [6.07, 6.45) is 1.76. The second-order valence-electron chi connectivity index (χ2n) is 4.59. The molecule has 0 unspecified atom stereocenters. The van der Waals surface area contributed by atoms with E-state index in [0.717, 1.165) is 5.56 Å².